The largest absolute Gasteiger partial charge is 0.392 e. The van der Waals surface area contributed by atoms with Gasteiger partial charge in [0.1, 0.15) is 6.04 Å². The minimum Gasteiger partial charge on any atom is -0.392 e. The standard InChI is InChI=1S/C33H34BrN7O3S2/c1-19(42)16-35-33(2,3)15-28(43)36-24-18-45-27-11-7-6-10-25(27)41(32(24)44)17-20-12-13-26-23(14-20)29(34)30(46-26)21-8-4-5-9-22(21)31-37-39-40-38-31/h4-14,19,24,35,42H,15-18H2,1-3H3,(H,36,43)(H,37,38,39,40)/t19-,24-/m1/s1. The van der Waals surface area contributed by atoms with E-state index >= 15 is 0 Å². The average Bonchev–Trinajstić information content (AvgIpc) is 3.66. The Labute approximate surface area is 283 Å². The smallest absolute Gasteiger partial charge is 0.250 e. The molecule has 1 aliphatic rings. The van der Waals surface area contributed by atoms with Crippen LogP contribution in [0.15, 0.2) is 76.1 Å². The number of aromatic nitrogens is 4. The van der Waals surface area contributed by atoms with Gasteiger partial charge in [-0.25, -0.2) is 0 Å². The maximum absolute atomic E-state index is 14.1. The van der Waals surface area contributed by atoms with Gasteiger partial charge in [0.05, 0.1) is 23.2 Å². The lowest BCUT2D eigenvalue weighted by Gasteiger charge is -2.29. The summed E-state index contributed by atoms with van der Waals surface area (Å²) in [7, 11) is 0. The number of benzene rings is 3. The number of para-hydroxylation sites is 1. The lowest BCUT2D eigenvalue weighted by atomic mass is 9.99. The number of anilines is 1. The summed E-state index contributed by atoms with van der Waals surface area (Å²) in [5.74, 6) is 0.584. The number of rotatable bonds is 10. The predicted molar refractivity (Wildman–Crippen MR) is 187 cm³/mol. The van der Waals surface area contributed by atoms with Gasteiger partial charge in [0, 0.05) is 54.8 Å². The Morgan fingerprint density at radius 3 is 2.67 bits per heavy atom. The molecule has 2 atom stereocenters. The summed E-state index contributed by atoms with van der Waals surface area (Å²) in [6.07, 6.45) is -0.357. The Balaban J connectivity index is 1.27. The highest BCUT2D eigenvalue weighted by Gasteiger charge is 2.33. The first kappa shape index (κ1) is 32.3. The van der Waals surface area contributed by atoms with Gasteiger partial charge in [-0.15, -0.1) is 33.3 Å². The van der Waals surface area contributed by atoms with Crippen molar-refractivity contribution in [1.29, 1.82) is 0 Å². The molecule has 0 saturated heterocycles. The zero-order valence-corrected chi connectivity index (χ0v) is 28.8. The molecule has 238 valence electrons. The lowest BCUT2D eigenvalue weighted by molar-refractivity contribution is -0.127. The van der Waals surface area contributed by atoms with Crippen LogP contribution < -0.4 is 15.5 Å². The van der Waals surface area contributed by atoms with Gasteiger partial charge in [-0.05, 0) is 71.7 Å². The number of nitrogens with one attached hydrogen (secondary N) is 3. The van der Waals surface area contributed by atoms with Gasteiger partial charge in [-0.1, -0.05) is 42.5 Å². The van der Waals surface area contributed by atoms with Gasteiger partial charge in [0.15, 0.2) is 0 Å². The van der Waals surface area contributed by atoms with Gasteiger partial charge in [-0.2, -0.15) is 5.21 Å². The topological polar surface area (TPSA) is 136 Å². The first-order valence-electron chi connectivity index (χ1n) is 14.9. The van der Waals surface area contributed by atoms with E-state index in [4.69, 9.17) is 0 Å². The van der Waals surface area contributed by atoms with Crippen molar-refractivity contribution in [2.75, 3.05) is 17.2 Å². The van der Waals surface area contributed by atoms with Crippen LogP contribution in [-0.2, 0) is 16.1 Å². The van der Waals surface area contributed by atoms with Crippen LogP contribution in [0, 0.1) is 0 Å². The monoisotopic (exact) mass is 719 g/mol. The fraction of sp³-hybridized carbons (Fsp3) is 0.303. The number of amides is 2. The summed E-state index contributed by atoms with van der Waals surface area (Å²) in [6, 6.07) is 21.4. The first-order valence-corrected chi connectivity index (χ1v) is 17.5. The molecule has 0 saturated carbocycles. The van der Waals surface area contributed by atoms with Gasteiger partial charge >= 0.3 is 0 Å². The molecule has 13 heteroatoms. The molecule has 0 spiro atoms. The van der Waals surface area contributed by atoms with Crippen molar-refractivity contribution in [3.8, 4) is 21.8 Å². The Kier molecular flexibility index (Phi) is 9.57. The number of tetrazole rings is 1. The molecule has 0 bridgehead atoms. The quantitative estimate of drug-likeness (QED) is 0.143. The molecule has 5 aromatic rings. The van der Waals surface area contributed by atoms with E-state index in [9.17, 15) is 14.7 Å². The second-order valence-corrected chi connectivity index (χ2v) is 14.9. The number of β-amino-alcohol motifs (C(OH)–C–C–N with tert-alkyl or cyclic N) is 1. The number of aromatic amines is 1. The van der Waals surface area contributed by atoms with E-state index in [-0.39, 0.29) is 18.2 Å². The number of halogens is 1. The van der Waals surface area contributed by atoms with Gasteiger partial charge in [-0.3, -0.25) is 9.59 Å². The van der Waals surface area contributed by atoms with Crippen LogP contribution in [0.3, 0.4) is 0 Å². The molecule has 1 aliphatic heterocycles. The number of hydrogen-bond donors (Lipinski definition) is 4. The van der Waals surface area contributed by atoms with Crippen molar-refractivity contribution in [2.24, 2.45) is 0 Å². The zero-order chi connectivity index (χ0) is 32.4. The highest BCUT2D eigenvalue weighted by Crippen LogP contribution is 2.45. The van der Waals surface area contributed by atoms with Gasteiger partial charge < -0.3 is 20.6 Å². The molecule has 2 amide bonds. The summed E-state index contributed by atoms with van der Waals surface area (Å²) >= 11 is 7.11. The van der Waals surface area contributed by atoms with E-state index in [1.807, 2.05) is 62.4 Å². The number of carbonyl (C=O) groups is 2. The van der Waals surface area contributed by atoms with E-state index in [2.05, 4.69) is 65.4 Å². The molecular weight excluding hydrogens is 686 g/mol. The SMILES string of the molecule is C[C@@H](O)CNC(C)(C)CC(=O)N[C@@H]1CSc2ccccc2N(Cc2ccc3sc(-c4ccccc4-c4nn[nH]n4)c(Br)c3c2)C1=O. The fourth-order valence-corrected chi connectivity index (χ4v) is 8.58. The maximum atomic E-state index is 14.1. The van der Waals surface area contributed by atoms with E-state index in [1.54, 1.807) is 34.9 Å². The molecule has 2 aromatic heterocycles. The van der Waals surface area contributed by atoms with Gasteiger partial charge in [0.2, 0.25) is 11.7 Å². The summed E-state index contributed by atoms with van der Waals surface area (Å²) in [5, 5.41) is 31.6. The van der Waals surface area contributed by atoms with Crippen LogP contribution in [0.1, 0.15) is 32.8 Å². The number of thiophene rings is 1. The third-order valence-corrected chi connectivity index (χ3v) is 11.2. The maximum Gasteiger partial charge on any atom is 0.250 e. The number of fused-ring (bicyclic) bond motifs is 2. The van der Waals surface area contributed by atoms with E-state index in [1.165, 1.54) is 0 Å². The highest BCUT2D eigenvalue weighted by atomic mass is 79.9. The number of thioether (sulfide) groups is 1. The molecule has 4 N–H and O–H groups in total. The third-order valence-electron chi connectivity index (χ3n) is 7.73. The number of nitrogens with zero attached hydrogens (tertiary/aromatic N) is 4. The molecule has 3 heterocycles. The third kappa shape index (κ3) is 7.03. The molecule has 0 aliphatic carbocycles. The normalized spacial score (nSPS) is 15.9. The van der Waals surface area contributed by atoms with Crippen LogP contribution in [0.25, 0.3) is 31.9 Å². The Hall–Kier alpha value is -3.62. The van der Waals surface area contributed by atoms with Crippen LogP contribution >= 0.6 is 39.0 Å². The van der Waals surface area contributed by atoms with Crippen molar-refractivity contribution >= 4 is 66.6 Å². The second-order valence-electron chi connectivity index (χ2n) is 12.0. The fourth-order valence-electron chi connectivity index (χ4n) is 5.47. The minimum absolute atomic E-state index is 0.153. The summed E-state index contributed by atoms with van der Waals surface area (Å²) in [4.78, 5) is 31.1. The number of hydrogen-bond acceptors (Lipinski definition) is 9. The van der Waals surface area contributed by atoms with Crippen molar-refractivity contribution in [1.82, 2.24) is 31.3 Å². The number of H-pyrrole nitrogens is 1. The van der Waals surface area contributed by atoms with Crippen LogP contribution in [0.2, 0.25) is 0 Å². The summed E-state index contributed by atoms with van der Waals surface area (Å²) in [6.45, 7) is 6.24. The second kappa shape index (κ2) is 13.6. The molecule has 0 unspecified atom stereocenters. The zero-order valence-electron chi connectivity index (χ0n) is 25.6. The average molecular weight is 721 g/mol. The van der Waals surface area contributed by atoms with E-state index in [0.29, 0.717) is 24.7 Å². The number of aliphatic hydroxyl groups is 1. The summed E-state index contributed by atoms with van der Waals surface area (Å²) in [5.41, 5.74) is 3.12. The van der Waals surface area contributed by atoms with Crippen molar-refractivity contribution in [3.05, 3.63) is 76.8 Å². The van der Waals surface area contributed by atoms with Crippen molar-refractivity contribution in [3.63, 3.8) is 0 Å². The Bertz CT molecular complexity index is 1880. The molecule has 10 nitrogen and oxygen atoms in total. The van der Waals surface area contributed by atoms with E-state index in [0.717, 1.165) is 46.7 Å². The number of aliphatic hydroxyl groups excluding tert-OH is 1. The van der Waals surface area contributed by atoms with Crippen molar-refractivity contribution < 1.29 is 14.7 Å². The molecular formula is C33H34BrN7O3S2. The predicted octanol–water partition coefficient (Wildman–Crippen LogP) is 5.77. The molecule has 0 radical (unpaired) electrons. The van der Waals surface area contributed by atoms with Crippen molar-refractivity contribution in [2.45, 2.75) is 56.3 Å². The summed E-state index contributed by atoms with van der Waals surface area (Å²) < 4.78 is 2.06. The van der Waals surface area contributed by atoms with Crippen LogP contribution in [0.5, 0.6) is 0 Å². The Morgan fingerprint density at radius 1 is 1.15 bits per heavy atom. The van der Waals surface area contributed by atoms with Crippen LogP contribution in [0.4, 0.5) is 5.69 Å². The highest BCUT2D eigenvalue weighted by molar-refractivity contribution is 9.10. The van der Waals surface area contributed by atoms with E-state index < -0.39 is 17.7 Å². The molecule has 0 fully saturated rings. The molecule has 3 aromatic carbocycles. The first-order chi connectivity index (χ1) is 22.1. The molecule has 46 heavy (non-hydrogen) atoms. The molecule has 6 rings (SSSR count). The van der Waals surface area contributed by atoms with Gasteiger partial charge in [0.25, 0.3) is 5.91 Å². The number of carbonyl (C=O) groups excluding carboxylic acids is 2. The Morgan fingerprint density at radius 2 is 1.91 bits per heavy atom. The van der Waals surface area contributed by atoms with Crippen LogP contribution in [-0.4, -0.2) is 67.5 Å². The minimum atomic E-state index is -0.692. The lowest BCUT2D eigenvalue weighted by Crippen LogP contribution is -2.52.